The molecule has 5 heterocycles. The fourth-order valence-electron chi connectivity index (χ4n) is 13.1. The van der Waals surface area contributed by atoms with Gasteiger partial charge in [-0.1, -0.05) is 89.5 Å². The highest BCUT2D eigenvalue weighted by atomic mass is 16.2. The smallest absolute Gasteiger partial charge is 0.238 e. The van der Waals surface area contributed by atoms with Crippen molar-refractivity contribution in [1.82, 2.24) is 51.1 Å². The molecule has 5 aliphatic heterocycles. The number of hydrogen-bond acceptors (Lipinski definition) is 10. The number of piperidine rings is 5. The van der Waals surface area contributed by atoms with Crippen molar-refractivity contribution in [3.05, 3.63) is 0 Å². The standard InChI is InChI=1S/3C14H28N2O.C13H26N2O.C11H22N2O/c3*1-9-8-16(7)12(11(3)10(9)2)13(17)15-14(4,5)6;1-8(2)14-13(16)12-11(5)10(4)9(3)7-15(12)6;1-11(2,3)12-10(14)9-7-5-6-8-13(9)4/h3*9-12H,8H2,1-7H3,(H,15,17);8-12H,7H2,1-6H3,(H,14,16);9H,5-8H2,1-4H3,(H,12,14)/t9-,10+,11+,12-;9-,10+,11-,12-;9-,10-,11-,12+;9-,10-,11+,12+;9-/m00110/s1. The van der Waals surface area contributed by atoms with Crippen molar-refractivity contribution in [2.75, 3.05) is 68.0 Å². The Bertz CT molecular complexity index is 1800. The maximum atomic E-state index is 12.3. The van der Waals surface area contributed by atoms with Gasteiger partial charge in [0.15, 0.2) is 0 Å². The summed E-state index contributed by atoms with van der Waals surface area (Å²) in [5.74, 6) is 7.59. The maximum absolute atomic E-state index is 12.3. The van der Waals surface area contributed by atoms with E-state index in [9.17, 15) is 24.0 Å². The van der Waals surface area contributed by atoms with Gasteiger partial charge in [-0.05, 0) is 223 Å². The third-order valence-corrected chi connectivity index (χ3v) is 18.7. The van der Waals surface area contributed by atoms with Gasteiger partial charge in [0.05, 0.1) is 30.2 Å². The van der Waals surface area contributed by atoms with Crippen molar-refractivity contribution in [2.24, 2.45) is 71.0 Å². The zero-order chi connectivity index (χ0) is 63.4. The highest BCUT2D eigenvalue weighted by Gasteiger charge is 2.44. The Balaban J connectivity index is 0.000000507. The quantitative estimate of drug-likeness (QED) is 0.173. The van der Waals surface area contributed by atoms with Crippen molar-refractivity contribution in [3.8, 4) is 0 Å². The molecule has 0 unspecified atom stereocenters. The molecule has 0 bridgehead atoms. The molecule has 15 nitrogen and oxygen atoms in total. The van der Waals surface area contributed by atoms with Crippen LogP contribution in [0.1, 0.15) is 199 Å². The van der Waals surface area contributed by atoms with E-state index in [1.165, 1.54) is 12.8 Å². The highest BCUT2D eigenvalue weighted by Crippen LogP contribution is 2.35. The number of hydrogen-bond donors (Lipinski definition) is 5. The van der Waals surface area contributed by atoms with Crippen LogP contribution in [-0.2, 0) is 24.0 Å². The number of likely N-dealkylation sites (tertiary alicyclic amines) is 5. The number of nitrogens with one attached hydrogen (secondary N) is 5. The lowest BCUT2D eigenvalue weighted by Gasteiger charge is -2.44. The number of amides is 5. The first-order chi connectivity index (χ1) is 36.6. The Kier molecular flexibility index (Phi) is 30.1. The summed E-state index contributed by atoms with van der Waals surface area (Å²) in [6, 6.07) is 0.389. The summed E-state index contributed by atoms with van der Waals surface area (Å²) in [6.45, 7) is 60.4. The van der Waals surface area contributed by atoms with Gasteiger partial charge in [-0.3, -0.25) is 48.5 Å². The Morgan fingerprint density at radius 2 is 0.580 bits per heavy atom. The molecule has 81 heavy (non-hydrogen) atoms. The molecule has 5 N–H and O–H groups in total. The van der Waals surface area contributed by atoms with Crippen LogP contribution in [0.25, 0.3) is 0 Å². The van der Waals surface area contributed by atoms with Crippen molar-refractivity contribution in [3.63, 3.8) is 0 Å². The molecule has 476 valence electrons. The van der Waals surface area contributed by atoms with Crippen LogP contribution in [0.5, 0.6) is 0 Å². The van der Waals surface area contributed by atoms with Gasteiger partial charge >= 0.3 is 0 Å². The van der Waals surface area contributed by atoms with Gasteiger partial charge in [-0.15, -0.1) is 0 Å². The van der Waals surface area contributed by atoms with Crippen LogP contribution in [0.2, 0.25) is 0 Å². The monoisotopic (exact) mass is 1150 g/mol. The van der Waals surface area contributed by atoms with E-state index in [4.69, 9.17) is 0 Å². The van der Waals surface area contributed by atoms with Crippen molar-refractivity contribution >= 4 is 29.5 Å². The number of rotatable bonds is 6. The van der Waals surface area contributed by atoms with Crippen LogP contribution in [-0.4, -0.2) is 180 Å². The SMILES string of the molecule is CC(C)NC(=O)[C@@H]1[C@@H](C)[C@H](C)[C@H](C)CN1C.CN1CCCC[C@H]1C(=O)NC(C)(C)C.C[C@@H]1[C@H](C)[C@@H](C)CN(C)[C@@H]1C(=O)NC(C)(C)C.C[C@@H]1[C@H](C)[C@H](C)CN(C)[C@@H]1C(=O)NC(C)(C)C.C[C@H]1[C@H](C)[C@@H](C)CN(C)[C@@H]1C(=O)NC(C)(C)C. The van der Waals surface area contributed by atoms with Crippen molar-refractivity contribution < 1.29 is 24.0 Å². The van der Waals surface area contributed by atoms with Crippen LogP contribution in [0, 0.1) is 71.0 Å². The summed E-state index contributed by atoms with van der Waals surface area (Å²) < 4.78 is 0. The predicted molar refractivity (Wildman–Crippen MR) is 341 cm³/mol. The molecule has 5 rings (SSSR count). The second-order valence-corrected chi connectivity index (χ2v) is 31.4. The molecule has 5 aliphatic rings. The zero-order valence-corrected chi connectivity index (χ0v) is 58.3. The summed E-state index contributed by atoms with van der Waals surface area (Å²) in [6.07, 6.45) is 3.39. The second kappa shape index (κ2) is 32.0. The molecule has 0 saturated carbocycles. The van der Waals surface area contributed by atoms with Crippen molar-refractivity contribution in [1.29, 1.82) is 0 Å². The van der Waals surface area contributed by atoms with E-state index >= 15 is 0 Å². The molecule has 5 fully saturated rings. The minimum absolute atomic E-state index is 0.0143. The Morgan fingerprint density at radius 1 is 0.346 bits per heavy atom. The van der Waals surface area contributed by atoms with E-state index in [0.29, 0.717) is 71.0 Å². The third kappa shape index (κ3) is 24.9. The third-order valence-electron chi connectivity index (χ3n) is 18.7. The average molecular weight is 1150 g/mol. The summed E-state index contributed by atoms with van der Waals surface area (Å²) in [5.41, 5.74) is -0.562. The van der Waals surface area contributed by atoms with Gasteiger partial charge < -0.3 is 26.6 Å². The molecular weight excluding hydrogens is 1010 g/mol. The van der Waals surface area contributed by atoms with Crippen LogP contribution < -0.4 is 26.6 Å². The maximum Gasteiger partial charge on any atom is 0.238 e. The van der Waals surface area contributed by atoms with E-state index < -0.39 is 0 Å². The van der Waals surface area contributed by atoms with Gasteiger partial charge in [0.2, 0.25) is 29.5 Å². The Morgan fingerprint density at radius 3 is 0.802 bits per heavy atom. The zero-order valence-electron chi connectivity index (χ0n) is 58.3. The van der Waals surface area contributed by atoms with E-state index in [1.807, 2.05) is 104 Å². The van der Waals surface area contributed by atoms with E-state index in [0.717, 1.165) is 39.1 Å². The first-order valence-corrected chi connectivity index (χ1v) is 31.7. The van der Waals surface area contributed by atoms with E-state index in [1.54, 1.807) is 0 Å². The minimum atomic E-state index is -0.149. The van der Waals surface area contributed by atoms with Gasteiger partial charge in [0, 0.05) is 54.4 Å². The molecule has 0 spiro atoms. The van der Waals surface area contributed by atoms with Gasteiger partial charge in [-0.2, -0.15) is 0 Å². The molecule has 15 heteroatoms. The number of carbonyl (C=O) groups is 5. The van der Waals surface area contributed by atoms with Crippen molar-refractivity contribution in [2.45, 2.75) is 258 Å². The molecule has 0 aromatic heterocycles. The molecule has 5 amide bonds. The number of likely N-dealkylation sites (N-methyl/N-ethyl adjacent to an activating group) is 5. The summed E-state index contributed by atoms with van der Waals surface area (Å²) in [5, 5.41) is 15.4. The number of carbonyl (C=O) groups excluding carboxylic acids is 5. The molecule has 0 aromatic carbocycles. The van der Waals surface area contributed by atoms with Gasteiger partial charge in [0.25, 0.3) is 0 Å². The van der Waals surface area contributed by atoms with Crippen LogP contribution >= 0.6 is 0 Å². The first kappa shape index (κ1) is 76.2. The average Bonchev–Trinajstić information content (AvgIpc) is 3.27. The summed E-state index contributed by atoms with van der Waals surface area (Å²) >= 11 is 0. The molecule has 0 aliphatic carbocycles. The Hall–Kier alpha value is -2.85. The normalized spacial score (nSPS) is 34.0. The highest BCUT2D eigenvalue weighted by molar-refractivity contribution is 5.84. The number of nitrogens with zero attached hydrogens (tertiary/aromatic N) is 5. The van der Waals surface area contributed by atoms with Gasteiger partial charge in [-0.25, -0.2) is 0 Å². The molecule has 0 radical (unpaired) electrons. The largest absolute Gasteiger partial charge is 0.353 e. The fraction of sp³-hybridized carbons (Fsp3) is 0.924. The second-order valence-electron chi connectivity index (χ2n) is 31.4. The van der Waals surface area contributed by atoms with Crippen LogP contribution in [0.15, 0.2) is 0 Å². The van der Waals surface area contributed by atoms with Crippen LogP contribution in [0.4, 0.5) is 0 Å². The fourth-order valence-corrected chi connectivity index (χ4v) is 13.1. The lowest BCUT2D eigenvalue weighted by Crippen LogP contribution is -2.58. The minimum Gasteiger partial charge on any atom is -0.353 e. The molecule has 17 atom stereocenters. The summed E-state index contributed by atoms with van der Waals surface area (Å²) in [7, 11) is 10.3. The first-order valence-electron chi connectivity index (χ1n) is 31.7. The van der Waals surface area contributed by atoms with E-state index in [2.05, 4.69) is 162 Å². The molecular formula is C66H132N10O5. The summed E-state index contributed by atoms with van der Waals surface area (Å²) in [4.78, 5) is 72.0. The van der Waals surface area contributed by atoms with Gasteiger partial charge in [0.1, 0.15) is 0 Å². The topological polar surface area (TPSA) is 162 Å². The van der Waals surface area contributed by atoms with E-state index in [-0.39, 0.29) is 87.9 Å². The predicted octanol–water partition coefficient (Wildman–Crippen LogP) is 9.49. The molecule has 0 aromatic rings. The van der Waals surface area contributed by atoms with Crippen LogP contribution in [0.3, 0.4) is 0 Å². The Labute approximate surface area is 499 Å². The lowest BCUT2D eigenvalue weighted by molar-refractivity contribution is -0.133. The molecule has 5 saturated heterocycles. The lowest BCUT2D eigenvalue weighted by atomic mass is 9.76.